The number of fused-ring (bicyclic) bond motifs is 1. The van der Waals surface area contributed by atoms with Gasteiger partial charge in [0, 0.05) is 29.8 Å². The van der Waals surface area contributed by atoms with E-state index in [0.717, 1.165) is 22.2 Å². The summed E-state index contributed by atoms with van der Waals surface area (Å²) in [5.41, 5.74) is 6.15. The maximum Gasteiger partial charge on any atom is 0.275 e. The van der Waals surface area contributed by atoms with Crippen molar-refractivity contribution in [2.75, 3.05) is 18.9 Å². The normalized spacial score (nSPS) is 20.6. The maximum atomic E-state index is 13.1. The molecular weight excluding hydrogens is 564 g/mol. The highest BCUT2D eigenvalue weighted by molar-refractivity contribution is 6.03. The quantitative estimate of drug-likeness (QED) is 0.190. The Labute approximate surface area is 263 Å². The Morgan fingerprint density at radius 1 is 0.911 bits per heavy atom. The van der Waals surface area contributed by atoms with E-state index in [-0.39, 0.29) is 42.4 Å². The van der Waals surface area contributed by atoms with Crippen LogP contribution in [0.5, 0.6) is 0 Å². The number of aliphatic hydroxyl groups excluding tert-OH is 1. The average Bonchev–Trinajstić information content (AvgIpc) is 3.09. The van der Waals surface area contributed by atoms with Gasteiger partial charge < -0.3 is 19.9 Å². The molecule has 5 aromatic rings. The van der Waals surface area contributed by atoms with Crippen LogP contribution in [0.1, 0.15) is 65.0 Å². The van der Waals surface area contributed by atoms with E-state index >= 15 is 0 Å². The fourth-order valence-electron chi connectivity index (χ4n) is 5.78. The Kier molecular flexibility index (Phi) is 9.28. The first kappa shape index (κ1) is 30.6. The third-order valence-corrected chi connectivity index (χ3v) is 8.63. The number of carbonyl (C=O) groups is 1. The Morgan fingerprint density at radius 2 is 1.64 bits per heavy atom. The van der Waals surface area contributed by atoms with Crippen LogP contribution >= 0.6 is 0 Å². The number of aromatic nitrogens is 2. The molecule has 1 aromatic heterocycles. The summed E-state index contributed by atoms with van der Waals surface area (Å²) >= 11 is 0. The second-order valence-corrected chi connectivity index (χ2v) is 11.7. The zero-order valence-corrected chi connectivity index (χ0v) is 25.7. The van der Waals surface area contributed by atoms with Crippen LogP contribution in [0, 0.1) is 5.92 Å². The van der Waals surface area contributed by atoms with Crippen LogP contribution < -0.4 is 5.32 Å². The van der Waals surface area contributed by atoms with Crippen molar-refractivity contribution in [2.45, 2.75) is 45.0 Å². The molecule has 0 spiro atoms. The molecule has 0 radical (unpaired) electrons. The molecule has 1 amide bonds. The lowest BCUT2D eigenvalue weighted by molar-refractivity contribution is -0.276. The van der Waals surface area contributed by atoms with Crippen LogP contribution in [0.15, 0.2) is 109 Å². The van der Waals surface area contributed by atoms with Crippen molar-refractivity contribution in [3.63, 3.8) is 0 Å². The van der Waals surface area contributed by atoms with Crippen LogP contribution in [0.2, 0.25) is 0 Å². The van der Waals surface area contributed by atoms with Crippen LogP contribution in [0.3, 0.4) is 0 Å². The summed E-state index contributed by atoms with van der Waals surface area (Å²) in [6.07, 6.45) is 0.438. The van der Waals surface area contributed by atoms with Crippen molar-refractivity contribution < 1.29 is 19.4 Å². The SMILES string of the molecule is CC1C(CN(C)C(C)c2ccccc2)OC(c2cccc(NC(=O)c3cnc4ccccc4n3)c2)OC1c1ccc(CO)cc1. The number of rotatable bonds is 9. The van der Waals surface area contributed by atoms with E-state index in [9.17, 15) is 9.90 Å². The van der Waals surface area contributed by atoms with E-state index < -0.39 is 6.29 Å². The van der Waals surface area contributed by atoms with Gasteiger partial charge in [0.25, 0.3) is 5.91 Å². The van der Waals surface area contributed by atoms with Gasteiger partial charge in [0.15, 0.2) is 6.29 Å². The van der Waals surface area contributed by atoms with E-state index in [1.807, 2.05) is 78.9 Å². The minimum Gasteiger partial charge on any atom is -0.392 e. The van der Waals surface area contributed by atoms with Gasteiger partial charge in [-0.2, -0.15) is 0 Å². The van der Waals surface area contributed by atoms with Gasteiger partial charge in [-0.15, -0.1) is 0 Å². The predicted molar refractivity (Wildman–Crippen MR) is 174 cm³/mol. The zero-order chi connectivity index (χ0) is 31.3. The largest absolute Gasteiger partial charge is 0.392 e. The summed E-state index contributed by atoms with van der Waals surface area (Å²) in [7, 11) is 2.12. The second-order valence-electron chi connectivity index (χ2n) is 11.7. The van der Waals surface area contributed by atoms with E-state index in [0.29, 0.717) is 17.7 Å². The van der Waals surface area contributed by atoms with Crippen molar-refractivity contribution in [3.05, 3.63) is 137 Å². The third kappa shape index (κ3) is 6.95. The smallest absolute Gasteiger partial charge is 0.275 e. The monoisotopic (exact) mass is 602 g/mol. The van der Waals surface area contributed by atoms with Crippen LogP contribution in [0.25, 0.3) is 11.0 Å². The summed E-state index contributed by atoms with van der Waals surface area (Å²) in [6, 6.07) is 33.5. The number of amides is 1. The molecule has 230 valence electrons. The highest BCUT2D eigenvalue weighted by Gasteiger charge is 2.39. The fourth-order valence-corrected chi connectivity index (χ4v) is 5.78. The number of aliphatic hydroxyl groups is 1. The molecule has 0 bridgehead atoms. The van der Waals surface area contributed by atoms with Gasteiger partial charge >= 0.3 is 0 Å². The van der Waals surface area contributed by atoms with Crippen molar-refractivity contribution >= 4 is 22.6 Å². The first-order valence-electron chi connectivity index (χ1n) is 15.3. The highest BCUT2D eigenvalue weighted by atomic mass is 16.7. The first-order valence-corrected chi connectivity index (χ1v) is 15.3. The molecule has 1 saturated heterocycles. The van der Waals surface area contributed by atoms with Gasteiger partial charge in [-0.3, -0.25) is 14.7 Å². The molecule has 0 aliphatic carbocycles. The fraction of sp³-hybridized carbons (Fsp3) is 0.270. The summed E-state index contributed by atoms with van der Waals surface area (Å²) in [4.78, 5) is 24.3. The lowest BCUT2D eigenvalue weighted by Gasteiger charge is -2.43. The summed E-state index contributed by atoms with van der Waals surface area (Å²) in [5.74, 6) is -0.304. The molecular formula is C37H38N4O4. The number of hydrogen-bond acceptors (Lipinski definition) is 7. The first-order chi connectivity index (χ1) is 21.9. The van der Waals surface area contributed by atoms with Crippen LogP contribution in [-0.4, -0.2) is 45.6 Å². The Hall–Kier alpha value is -4.47. The molecule has 5 atom stereocenters. The number of nitrogens with zero attached hydrogens (tertiary/aromatic N) is 3. The number of hydrogen-bond donors (Lipinski definition) is 2. The third-order valence-electron chi connectivity index (χ3n) is 8.63. The number of ether oxygens (including phenoxy) is 2. The highest BCUT2D eigenvalue weighted by Crippen LogP contribution is 2.42. The minimum atomic E-state index is -0.661. The van der Waals surface area contributed by atoms with Gasteiger partial charge in [0.1, 0.15) is 5.69 Å². The standard InChI is InChI=1S/C37H38N4O4/c1-24-34(22-41(3)25(2)27-10-5-4-6-11-27)44-37(45-35(24)28-18-16-26(23-42)17-19-28)29-12-9-13-30(20-29)39-36(43)33-21-38-31-14-7-8-15-32(31)40-33/h4-21,24-25,34-35,37,42H,22-23H2,1-3H3,(H,39,43). The number of anilines is 1. The summed E-state index contributed by atoms with van der Waals surface area (Å²) in [5, 5.41) is 12.5. The number of likely N-dealkylation sites (N-methyl/N-ethyl adjacent to an activating group) is 1. The molecule has 45 heavy (non-hydrogen) atoms. The molecule has 8 heteroatoms. The van der Waals surface area contributed by atoms with Gasteiger partial charge in [-0.05, 0) is 54.9 Å². The van der Waals surface area contributed by atoms with E-state index in [4.69, 9.17) is 9.47 Å². The number of carbonyl (C=O) groups excluding carboxylic acids is 1. The van der Waals surface area contributed by atoms with Crippen molar-refractivity contribution in [1.82, 2.24) is 14.9 Å². The van der Waals surface area contributed by atoms with Crippen molar-refractivity contribution in [3.8, 4) is 0 Å². The summed E-state index contributed by atoms with van der Waals surface area (Å²) < 4.78 is 13.3. The molecule has 1 aliphatic rings. The molecule has 2 N–H and O–H groups in total. The van der Waals surface area contributed by atoms with Crippen molar-refractivity contribution in [2.24, 2.45) is 5.92 Å². The van der Waals surface area contributed by atoms with E-state index in [1.165, 1.54) is 11.8 Å². The molecule has 6 rings (SSSR count). The lowest BCUT2D eigenvalue weighted by atomic mass is 9.89. The Balaban J connectivity index is 1.24. The summed E-state index contributed by atoms with van der Waals surface area (Å²) in [6.45, 7) is 5.04. The molecule has 1 aliphatic heterocycles. The molecule has 1 fully saturated rings. The molecule has 0 saturated carbocycles. The topological polar surface area (TPSA) is 96.8 Å². The van der Waals surface area contributed by atoms with Gasteiger partial charge in [-0.25, -0.2) is 4.98 Å². The van der Waals surface area contributed by atoms with E-state index in [2.05, 4.69) is 65.3 Å². The van der Waals surface area contributed by atoms with Crippen LogP contribution in [0.4, 0.5) is 5.69 Å². The van der Waals surface area contributed by atoms with E-state index in [1.54, 1.807) is 0 Å². The zero-order valence-electron chi connectivity index (χ0n) is 25.7. The molecule has 8 nitrogen and oxygen atoms in total. The second kappa shape index (κ2) is 13.7. The maximum absolute atomic E-state index is 13.1. The molecule has 2 heterocycles. The van der Waals surface area contributed by atoms with Crippen molar-refractivity contribution in [1.29, 1.82) is 0 Å². The minimum absolute atomic E-state index is 0.0127. The van der Waals surface area contributed by atoms with Gasteiger partial charge in [0.2, 0.25) is 0 Å². The Bertz CT molecular complexity index is 1750. The molecule has 4 aromatic carbocycles. The van der Waals surface area contributed by atoms with Gasteiger partial charge in [0.05, 0.1) is 36.0 Å². The predicted octanol–water partition coefficient (Wildman–Crippen LogP) is 6.86. The van der Waals surface area contributed by atoms with Gasteiger partial charge in [-0.1, -0.05) is 85.8 Å². The number of para-hydroxylation sites is 2. The Morgan fingerprint density at radius 3 is 2.40 bits per heavy atom. The number of benzene rings is 4. The molecule has 5 unspecified atom stereocenters. The lowest BCUT2D eigenvalue weighted by Crippen LogP contribution is -2.44. The number of nitrogens with one attached hydrogen (secondary N) is 1. The average molecular weight is 603 g/mol. The van der Waals surface area contributed by atoms with Crippen LogP contribution in [-0.2, 0) is 16.1 Å².